The van der Waals surface area contributed by atoms with Gasteiger partial charge < -0.3 is 10.5 Å². The Morgan fingerprint density at radius 2 is 1.85 bits per heavy atom. The number of primary amides is 1. The van der Waals surface area contributed by atoms with Gasteiger partial charge in [0.05, 0.1) is 11.9 Å². The lowest BCUT2D eigenvalue weighted by Crippen LogP contribution is -2.23. The molecule has 1 heterocycles. The molecule has 0 aliphatic heterocycles. The molecule has 1 amide bonds. The molecule has 1 atom stereocenters. The first-order valence-corrected chi connectivity index (χ1v) is 9.18. The zero-order valence-corrected chi connectivity index (χ0v) is 15.4. The maximum Gasteiger partial charge on any atom is 0.230 e. The Bertz CT molecular complexity index is 878. The van der Waals surface area contributed by atoms with Crippen molar-refractivity contribution < 1.29 is 9.53 Å². The number of aromatic nitrogens is 3. The van der Waals surface area contributed by atoms with E-state index in [1.807, 2.05) is 66.1 Å². The zero-order chi connectivity index (χ0) is 18.5. The SMILES string of the molecule is CCOc1ccc(-n2c(SC(C)C(N)=O)nnc2-c2ccccc2)cc1. The van der Waals surface area contributed by atoms with Crippen molar-refractivity contribution in [2.24, 2.45) is 5.73 Å². The average Bonchev–Trinajstić information content (AvgIpc) is 3.07. The minimum absolute atomic E-state index is 0.391. The molecule has 2 N–H and O–H groups in total. The number of hydrogen-bond donors (Lipinski definition) is 1. The lowest BCUT2D eigenvalue weighted by atomic mass is 10.2. The molecule has 2 aromatic carbocycles. The molecule has 3 rings (SSSR count). The summed E-state index contributed by atoms with van der Waals surface area (Å²) in [4.78, 5) is 11.5. The van der Waals surface area contributed by atoms with Crippen LogP contribution in [0.2, 0.25) is 0 Å². The third-order valence-corrected chi connectivity index (χ3v) is 4.82. The van der Waals surface area contributed by atoms with Crippen LogP contribution in [-0.4, -0.2) is 32.5 Å². The molecular weight excluding hydrogens is 348 g/mol. The molecule has 0 aliphatic carbocycles. The van der Waals surface area contributed by atoms with Crippen molar-refractivity contribution >= 4 is 17.7 Å². The summed E-state index contributed by atoms with van der Waals surface area (Å²) >= 11 is 1.29. The summed E-state index contributed by atoms with van der Waals surface area (Å²) in [6.45, 7) is 4.31. The standard InChI is InChI=1S/C19H20N4O2S/c1-3-25-16-11-9-15(10-12-16)23-18(14-7-5-4-6-8-14)21-22-19(23)26-13(2)17(20)24/h4-13H,3H2,1-2H3,(H2,20,24). The molecule has 7 heteroatoms. The molecule has 0 saturated heterocycles. The number of nitrogens with zero attached hydrogens (tertiary/aromatic N) is 3. The molecule has 134 valence electrons. The second kappa shape index (κ2) is 8.05. The van der Waals surface area contributed by atoms with Crippen LogP contribution in [0.5, 0.6) is 5.75 Å². The molecule has 3 aromatic rings. The highest BCUT2D eigenvalue weighted by molar-refractivity contribution is 8.00. The zero-order valence-electron chi connectivity index (χ0n) is 14.6. The third kappa shape index (κ3) is 3.88. The fourth-order valence-electron chi connectivity index (χ4n) is 2.43. The number of thioether (sulfide) groups is 1. The van der Waals surface area contributed by atoms with Gasteiger partial charge in [0, 0.05) is 11.3 Å². The summed E-state index contributed by atoms with van der Waals surface area (Å²) in [6, 6.07) is 17.5. The van der Waals surface area contributed by atoms with Crippen LogP contribution in [0.4, 0.5) is 0 Å². The van der Waals surface area contributed by atoms with Gasteiger partial charge in [-0.05, 0) is 38.1 Å². The van der Waals surface area contributed by atoms with Crippen molar-refractivity contribution in [1.29, 1.82) is 0 Å². The van der Waals surface area contributed by atoms with Crippen LogP contribution in [-0.2, 0) is 4.79 Å². The quantitative estimate of drug-likeness (QED) is 0.647. The molecule has 0 fully saturated rings. The number of carbonyl (C=O) groups excluding carboxylic acids is 1. The monoisotopic (exact) mass is 368 g/mol. The van der Waals surface area contributed by atoms with Gasteiger partial charge in [-0.2, -0.15) is 0 Å². The molecule has 1 aromatic heterocycles. The van der Waals surface area contributed by atoms with Crippen LogP contribution < -0.4 is 10.5 Å². The Labute approximate surface area is 156 Å². The van der Waals surface area contributed by atoms with Gasteiger partial charge in [0.15, 0.2) is 11.0 Å². The topological polar surface area (TPSA) is 83.0 Å². The van der Waals surface area contributed by atoms with E-state index < -0.39 is 11.2 Å². The Hall–Kier alpha value is -2.80. The minimum Gasteiger partial charge on any atom is -0.494 e. The first-order chi connectivity index (χ1) is 12.6. The first kappa shape index (κ1) is 18.0. The molecule has 1 unspecified atom stereocenters. The molecule has 0 saturated carbocycles. The van der Waals surface area contributed by atoms with E-state index in [1.165, 1.54) is 11.8 Å². The fraction of sp³-hybridized carbons (Fsp3) is 0.211. The Kier molecular flexibility index (Phi) is 5.58. The van der Waals surface area contributed by atoms with Gasteiger partial charge in [-0.15, -0.1) is 10.2 Å². The first-order valence-electron chi connectivity index (χ1n) is 8.30. The summed E-state index contributed by atoms with van der Waals surface area (Å²) in [5, 5.41) is 8.83. The number of nitrogens with two attached hydrogens (primary N) is 1. The van der Waals surface area contributed by atoms with Gasteiger partial charge in [-0.3, -0.25) is 9.36 Å². The Morgan fingerprint density at radius 3 is 2.46 bits per heavy atom. The molecule has 26 heavy (non-hydrogen) atoms. The van der Waals surface area contributed by atoms with Gasteiger partial charge in [0.1, 0.15) is 5.75 Å². The Balaban J connectivity index is 2.06. The molecular formula is C19H20N4O2S. The van der Waals surface area contributed by atoms with E-state index in [9.17, 15) is 4.79 Å². The van der Waals surface area contributed by atoms with E-state index in [-0.39, 0.29) is 0 Å². The normalized spacial score (nSPS) is 11.9. The highest BCUT2D eigenvalue weighted by Crippen LogP contribution is 2.30. The predicted octanol–water partition coefficient (Wildman–Crippen LogP) is 3.30. The molecule has 0 radical (unpaired) electrons. The maximum atomic E-state index is 11.5. The van der Waals surface area contributed by atoms with Gasteiger partial charge in [0.25, 0.3) is 0 Å². The second-order valence-electron chi connectivity index (χ2n) is 5.60. The van der Waals surface area contributed by atoms with Crippen molar-refractivity contribution in [3.63, 3.8) is 0 Å². The number of benzene rings is 2. The van der Waals surface area contributed by atoms with Gasteiger partial charge in [0.2, 0.25) is 5.91 Å². The second-order valence-corrected chi connectivity index (χ2v) is 6.90. The van der Waals surface area contributed by atoms with E-state index >= 15 is 0 Å². The summed E-state index contributed by atoms with van der Waals surface area (Å²) in [7, 11) is 0. The summed E-state index contributed by atoms with van der Waals surface area (Å²) in [5.74, 6) is 1.11. The molecule has 0 bridgehead atoms. The van der Waals surface area contributed by atoms with E-state index in [1.54, 1.807) is 6.92 Å². The van der Waals surface area contributed by atoms with Gasteiger partial charge in [-0.25, -0.2) is 0 Å². The van der Waals surface area contributed by atoms with Gasteiger partial charge >= 0.3 is 0 Å². The number of rotatable bonds is 7. The maximum absolute atomic E-state index is 11.5. The van der Waals surface area contributed by atoms with Crippen LogP contribution >= 0.6 is 11.8 Å². The number of ether oxygens (including phenoxy) is 1. The average molecular weight is 368 g/mol. The van der Waals surface area contributed by atoms with Crippen molar-refractivity contribution in [3.8, 4) is 22.8 Å². The van der Waals surface area contributed by atoms with E-state index in [2.05, 4.69) is 10.2 Å². The van der Waals surface area contributed by atoms with E-state index in [4.69, 9.17) is 10.5 Å². The van der Waals surface area contributed by atoms with Crippen LogP contribution in [0.1, 0.15) is 13.8 Å². The smallest absolute Gasteiger partial charge is 0.230 e. The van der Waals surface area contributed by atoms with Crippen molar-refractivity contribution in [1.82, 2.24) is 14.8 Å². The largest absolute Gasteiger partial charge is 0.494 e. The molecule has 0 spiro atoms. The lowest BCUT2D eigenvalue weighted by molar-refractivity contribution is -0.117. The van der Waals surface area contributed by atoms with Crippen LogP contribution in [0.15, 0.2) is 59.8 Å². The van der Waals surface area contributed by atoms with Crippen molar-refractivity contribution in [2.75, 3.05) is 6.61 Å². The number of amides is 1. The highest BCUT2D eigenvalue weighted by atomic mass is 32.2. The summed E-state index contributed by atoms with van der Waals surface area (Å²) in [6.07, 6.45) is 0. The lowest BCUT2D eigenvalue weighted by Gasteiger charge is -2.13. The summed E-state index contributed by atoms with van der Waals surface area (Å²) in [5.41, 5.74) is 7.23. The number of carbonyl (C=O) groups is 1. The predicted molar refractivity (Wildman–Crippen MR) is 102 cm³/mol. The minimum atomic E-state index is -0.413. The van der Waals surface area contributed by atoms with Crippen molar-refractivity contribution in [2.45, 2.75) is 24.3 Å². The van der Waals surface area contributed by atoms with Crippen LogP contribution in [0.25, 0.3) is 17.1 Å². The molecule has 0 aliphatic rings. The fourth-order valence-corrected chi connectivity index (χ4v) is 3.25. The van der Waals surface area contributed by atoms with Gasteiger partial charge in [-0.1, -0.05) is 42.1 Å². The summed E-state index contributed by atoms with van der Waals surface area (Å²) < 4.78 is 7.44. The van der Waals surface area contributed by atoms with E-state index in [0.29, 0.717) is 17.6 Å². The van der Waals surface area contributed by atoms with Crippen LogP contribution in [0.3, 0.4) is 0 Å². The van der Waals surface area contributed by atoms with Crippen molar-refractivity contribution in [3.05, 3.63) is 54.6 Å². The Morgan fingerprint density at radius 1 is 1.15 bits per heavy atom. The molecule has 6 nitrogen and oxygen atoms in total. The van der Waals surface area contributed by atoms with Crippen LogP contribution in [0, 0.1) is 0 Å². The third-order valence-electron chi connectivity index (χ3n) is 3.75. The number of hydrogen-bond acceptors (Lipinski definition) is 5. The highest BCUT2D eigenvalue weighted by Gasteiger charge is 2.20. The van der Waals surface area contributed by atoms with E-state index in [0.717, 1.165) is 17.0 Å².